The molecule has 3 rings (SSSR count). The van der Waals surface area contributed by atoms with Crippen LogP contribution < -0.4 is 10.9 Å². The van der Waals surface area contributed by atoms with Gasteiger partial charge >= 0.3 is 0 Å². The number of amides is 1. The molecule has 0 saturated carbocycles. The summed E-state index contributed by atoms with van der Waals surface area (Å²) in [6, 6.07) is 7.69. The lowest BCUT2D eigenvalue weighted by Gasteiger charge is -2.11. The SMILES string of the molecule is O=C(Cn1cnc2ccc(Cl)cc2c1=O)Nc1c(Cl)cc(Cl)cc1Cl. The van der Waals surface area contributed by atoms with Crippen molar-refractivity contribution in [1.29, 1.82) is 0 Å². The minimum Gasteiger partial charge on any atom is -0.322 e. The number of carbonyl (C=O) groups excluding carboxylic acids is 1. The van der Waals surface area contributed by atoms with Crippen LogP contribution in [0.4, 0.5) is 5.69 Å². The zero-order chi connectivity index (χ0) is 18.1. The maximum atomic E-state index is 12.5. The van der Waals surface area contributed by atoms with Gasteiger partial charge in [-0.15, -0.1) is 0 Å². The minimum atomic E-state index is -0.489. The van der Waals surface area contributed by atoms with E-state index < -0.39 is 5.91 Å². The zero-order valence-electron chi connectivity index (χ0n) is 12.4. The van der Waals surface area contributed by atoms with Crippen molar-refractivity contribution in [3.63, 3.8) is 0 Å². The van der Waals surface area contributed by atoms with E-state index in [1.54, 1.807) is 12.1 Å². The van der Waals surface area contributed by atoms with Gasteiger partial charge in [-0.25, -0.2) is 4.98 Å². The number of benzene rings is 2. The van der Waals surface area contributed by atoms with Crippen molar-refractivity contribution in [1.82, 2.24) is 9.55 Å². The largest absolute Gasteiger partial charge is 0.322 e. The lowest BCUT2D eigenvalue weighted by Crippen LogP contribution is -2.28. The number of hydrogen-bond donors (Lipinski definition) is 1. The summed E-state index contributed by atoms with van der Waals surface area (Å²) in [7, 11) is 0. The first-order valence-electron chi connectivity index (χ1n) is 6.94. The van der Waals surface area contributed by atoms with E-state index in [0.29, 0.717) is 20.9 Å². The molecule has 0 unspecified atom stereocenters. The summed E-state index contributed by atoms with van der Waals surface area (Å²) >= 11 is 23.8. The number of anilines is 1. The van der Waals surface area contributed by atoms with Crippen molar-refractivity contribution < 1.29 is 4.79 Å². The van der Waals surface area contributed by atoms with Crippen LogP contribution in [0.3, 0.4) is 0 Å². The highest BCUT2D eigenvalue weighted by atomic mass is 35.5. The highest BCUT2D eigenvalue weighted by Gasteiger charge is 2.13. The molecule has 0 radical (unpaired) electrons. The third-order valence-corrected chi connectivity index (χ3v) is 4.42. The molecule has 1 heterocycles. The molecule has 1 N–H and O–H groups in total. The minimum absolute atomic E-state index is 0.196. The summed E-state index contributed by atoms with van der Waals surface area (Å²) in [5, 5.41) is 4.04. The topological polar surface area (TPSA) is 64.0 Å². The highest BCUT2D eigenvalue weighted by molar-refractivity contribution is 6.42. The Labute approximate surface area is 162 Å². The first-order valence-corrected chi connectivity index (χ1v) is 8.45. The second-order valence-corrected chi connectivity index (χ2v) is 6.82. The Morgan fingerprint density at radius 2 is 1.72 bits per heavy atom. The molecule has 25 heavy (non-hydrogen) atoms. The van der Waals surface area contributed by atoms with E-state index in [2.05, 4.69) is 10.3 Å². The number of nitrogens with zero attached hydrogens (tertiary/aromatic N) is 2. The summed E-state index contributed by atoms with van der Waals surface area (Å²) in [4.78, 5) is 28.9. The highest BCUT2D eigenvalue weighted by Crippen LogP contribution is 2.33. The molecule has 3 aromatic rings. The van der Waals surface area contributed by atoms with Gasteiger partial charge in [0.15, 0.2) is 0 Å². The molecule has 0 aliphatic carbocycles. The molecule has 5 nitrogen and oxygen atoms in total. The van der Waals surface area contributed by atoms with Gasteiger partial charge in [0.1, 0.15) is 6.54 Å². The van der Waals surface area contributed by atoms with E-state index in [-0.39, 0.29) is 27.8 Å². The van der Waals surface area contributed by atoms with Crippen LogP contribution in [0.5, 0.6) is 0 Å². The van der Waals surface area contributed by atoms with Crippen molar-refractivity contribution >= 4 is 68.9 Å². The van der Waals surface area contributed by atoms with E-state index in [4.69, 9.17) is 46.4 Å². The molecular formula is C16H9Cl4N3O2. The van der Waals surface area contributed by atoms with Gasteiger partial charge in [-0.2, -0.15) is 0 Å². The number of halogens is 4. The van der Waals surface area contributed by atoms with Crippen molar-refractivity contribution in [3.8, 4) is 0 Å². The smallest absolute Gasteiger partial charge is 0.261 e. The fraction of sp³-hybridized carbons (Fsp3) is 0.0625. The predicted octanol–water partition coefficient (Wildman–Crippen LogP) is 4.65. The van der Waals surface area contributed by atoms with Crippen molar-refractivity contribution in [3.05, 3.63) is 67.1 Å². The van der Waals surface area contributed by atoms with E-state index in [9.17, 15) is 9.59 Å². The van der Waals surface area contributed by atoms with Gasteiger partial charge in [0.2, 0.25) is 5.91 Å². The van der Waals surface area contributed by atoms with Gasteiger partial charge in [-0.3, -0.25) is 14.2 Å². The molecule has 0 atom stereocenters. The van der Waals surface area contributed by atoms with Crippen LogP contribution in [0.15, 0.2) is 41.5 Å². The number of rotatable bonds is 3. The first-order chi connectivity index (χ1) is 11.8. The molecule has 0 fully saturated rings. The van der Waals surface area contributed by atoms with Crippen LogP contribution >= 0.6 is 46.4 Å². The normalized spacial score (nSPS) is 10.9. The standard InChI is InChI=1S/C16H9Cl4N3O2/c17-8-1-2-13-10(3-8)16(25)23(7-21-13)6-14(24)22-15-11(19)4-9(18)5-12(15)20/h1-5,7H,6H2,(H,22,24). The molecule has 9 heteroatoms. The fourth-order valence-electron chi connectivity index (χ4n) is 2.24. The van der Waals surface area contributed by atoms with Gasteiger partial charge in [-0.1, -0.05) is 46.4 Å². The van der Waals surface area contributed by atoms with Crippen LogP contribution in [0.2, 0.25) is 20.1 Å². The lowest BCUT2D eigenvalue weighted by atomic mass is 10.2. The van der Waals surface area contributed by atoms with E-state index in [1.807, 2.05) is 0 Å². The maximum absolute atomic E-state index is 12.5. The first kappa shape index (κ1) is 18.0. The quantitative estimate of drug-likeness (QED) is 0.675. The summed E-state index contributed by atoms with van der Waals surface area (Å²) in [6.45, 7) is -0.260. The van der Waals surface area contributed by atoms with Crippen molar-refractivity contribution in [2.75, 3.05) is 5.32 Å². The molecule has 1 amide bonds. The zero-order valence-corrected chi connectivity index (χ0v) is 15.4. The monoisotopic (exact) mass is 415 g/mol. The molecule has 0 bridgehead atoms. The Bertz CT molecular complexity index is 1030. The van der Waals surface area contributed by atoms with Crippen LogP contribution in [-0.4, -0.2) is 15.5 Å². The van der Waals surface area contributed by atoms with Crippen LogP contribution in [0, 0.1) is 0 Å². The Kier molecular flexibility index (Phi) is 5.20. The predicted molar refractivity (Wildman–Crippen MR) is 101 cm³/mol. The number of fused-ring (bicyclic) bond motifs is 1. The molecule has 2 aromatic carbocycles. The van der Waals surface area contributed by atoms with Crippen molar-refractivity contribution in [2.45, 2.75) is 6.54 Å². The number of aromatic nitrogens is 2. The number of hydrogen-bond acceptors (Lipinski definition) is 3. The summed E-state index contributed by atoms with van der Waals surface area (Å²) in [6.07, 6.45) is 1.29. The van der Waals surface area contributed by atoms with Gasteiger partial charge in [0.25, 0.3) is 5.56 Å². The molecule has 0 spiro atoms. The average Bonchev–Trinajstić information content (AvgIpc) is 2.54. The third-order valence-electron chi connectivity index (χ3n) is 3.37. The second kappa shape index (κ2) is 7.22. The Hall–Kier alpha value is -1.79. The summed E-state index contributed by atoms with van der Waals surface area (Å²) in [5.41, 5.74) is 0.341. The molecule has 0 saturated heterocycles. The summed E-state index contributed by atoms with van der Waals surface area (Å²) < 4.78 is 1.17. The molecule has 0 aliphatic heterocycles. The van der Waals surface area contributed by atoms with Gasteiger partial charge in [0, 0.05) is 10.0 Å². The molecule has 128 valence electrons. The second-order valence-electron chi connectivity index (χ2n) is 5.13. The average molecular weight is 417 g/mol. The molecule has 1 aromatic heterocycles. The van der Waals surface area contributed by atoms with E-state index in [1.165, 1.54) is 29.1 Å². The van der Waals surface area contributed by atoms with E-state index >= 15 is 0 Å². The Morgan fingerprint density at radius 3 is 2.40 bits per heavy atom. The fourth-order valence-corrected chi connectivity index (χ4v) is 3.32. The van der Waals surface area contributed by atoms with Gasteiger partial charge in [0.05, 0.1) is 33.0 Å². The van der Waals surface area contributed by atoms with Crippen molar-refractivity contribution in [2.24, 2.45) is 0 Å². The van der Waals surface area contributed by atoms with E-state index in [0.717, 1.165) is 0 Å². The number of nitrogens with one attached hydrogen (secondary N) is 1. The lowest BCUT2D eigenvalue weighted by molar-refractivity contribution is -0.116. The Morgan fingerprint density at radius 1 is 1.04 bits per heavy atom. The van der Waals surface area contributed by atoms with Crippen LogP contribution in [-0.2, 0) is 11.3 Å². The molecule has 0 aliphatic rings. The van der Waals surface area contributed by atoms with Crippen LogP contribution in [0.25, 0.3) is 10.9 Å². The van der Waals surface area contributed by atoms with Crippen LogP contribution in [0.1, 0.15) is 0 Å². The van der Waals surface area contributed by atoms with Gasteiger partial charge in [-0.05, 0) is 30.3 Å². The number of carbonyl (C=O) groups is 1. The summed E-state index contributed by atoms with van der Waals surface area (Å²) in [5.74, 6) is -0.489. The third kappa shape index (κ3) is 3.90. The molecular weight excluding hydrogens is 408 g/mol. The maximum Gasteiger partial charge on any atom is 0.261 e. The van der Waals surface area contributed by atoms with Gasteiger partial charge < -0.3 is 5.32 Å². The Balaban J connectivity index is 1.88.